The molecule has 2 aliphatic carbocycles. The van der Waals surface area contributed by atoms with E-state index in [2.05, 4.69) is 0 Å². The van der Waals surface area contributed by atoms with Gasteiger partial charge in [-0.15, -0.1) is 0 Å². The lowest BCUT2D eigenvalue weighted by Gasteiger charge is -2.33. The molecule has 0 saturated heterocycles. The number of rotatable bonds is 7. The SMILES string of the molecule is CCCC(=O)P(=O)(OC1CCC1)OC1CCC1. The Morgan fingerprint density at radius 1 is 1.12 bits per heavy atom. The van der Waals surface area contributed by atoms with Crippen LogP contribution in [0, 0.1) is 0 Å². The van der Waals surface area contributed by atoms with Crippen LogP contribution in [0.25, 0.3) is 0 Å². The van der Waals surface area contributed by atoms with E-state index in [1.54, 1.807) is 0 Å². The van der Waals surface area contributed by atoms with Crippen LogP contribution in [0.2, 0.25) is 0 Å². The van der Waals surface area contributed by atoms with Gasteiger partial charge in [0.15, 0.2) is 0 Å². The van der Waals surface area contributed by atoms with Crippen LogP contribution in [0.1, 0.15) is 58.3 Å². The van der Waals surface area contributed by atoms with Crippen molar-refractivity contribution in [2.24, 2.45) is 0 Å². The Balaban J connectivity index is 1.97. The van der Waals surface area contributed by atoms with Crippen LogP contribution in [-0.4, -0.2) is 17.7 Å². The molecule has 98 valence electrons. The van der Waals surface area contributed by atoms with Crippen LogP contribution in [0.3, 0.4) is 0 Å². The molecule has 5 heteroatoms. The molecule has 17 heavy (non-hydrogen) atoms. The van der Waals surface area contributed by atoms with Crippen molar-refractivity contribution < 1.29 is 18.4 Å². The average Bonchev–Trinajstić information content (AvgIpc) is 2.18. The van der Waals surface area contributed by atoms with Gasteiger partial charge >= 0.3 is 7.60 Å². The minimum absolute atomic E-state index is 0.0262. The summed E-state index contributed by atoms with van der Waals surface area (Å²) >= 11 is 0. The highest BCUT2D eigenvalue weighted by atomic mass is 31.2. The van der Waals surface area contributed by atoms with Gasteiger partial charge in [-0.2, -0.15) is 0 Å². The summed E-state index contributed by atoms with van der Waals surface area (Å²) < 4.78 is 23.5. The van der Waals surface area contributed by atoms with Crippen LogP contribution in [0.4, 0.5) is 0 Å². The second-order valence-corrected chi connectivity index (χ2v) is 6.87. The molecule has 0 aromatic heterocycles. The molecule has 0 bridgehead atoms. The van der Waals surface area contributed by atoms with Crippen LogP contribution in [-0.2, 0) is 18.4 Å². The van der Waals surface area contributed by atoms with Gasteiger partial charge in [0.1, 0.15) is 0 Å². The molecule has 2 fully saturated rings. The first-order valence-electron chi connectivity index (χ1n) is 6.64. The summed E-state index contributed by atoms with van der Waals surface area (Å²) in [5, 5.41) is 0. The number of hydrogen-bond donors (Lipinski definition) is 0. The molecule has 0 unspecified atom stereocenters. The second kappa shape index (κ2) is 5.64. The third kappa shape index (κ3) is 3.18. The second-order valence-electron chi connectivity index (χ2n) is 4.96. The van der Waals surface area contributed by atoms with E-state index in [9.17, 15) is 9.36 Å². The van der Waals surface area contributed by atoms with E-state index in [-0.39, 0.29) is 24.2 Å². The summed E-state index contributed by atoms with van der Waals surface area (Å²) in [5.41, 5.74) is -0.334. The first-order chi connectivity index (χ1) is 8.14. The quantitative estimate of drug-likeness (QED) is 0.656. The van der Waals surface area contributed by atoms with Gasteiger partial charge in [0.25, 0.3) is 0 Å². The number of carbonyl (C=O) groups is 1. The van der Waals surface area contributed by atoms with E-state index in [1.807, 2.05) is 6.92 Å². The number of hydrogen-bond acceptors (Lipinski definition) is 4. The number of carbonyl (C=O) groups excluding carboxylic acids is 1. The van der Waals surface area contributed by atoms with Gasteiger partial charge in [-0.25, -0.2) is 0 Å². The third-order valence-electron chi connectivity index (χ3n) is 3.45. The Morgan fingerprint density at radius 3 is 1.88 bits per heavy atom. The fraction of sp³-hybridized carbons (Fsp3) is 0.917. The zero-order valence-electron chi connectivity index (χ0n) is 10.4. The third-order valence-corrected chi connectivity index (χ3v) is 5.44. The molecular weight excluding hydrogens is 239 g/mol. The predicted octanol–water partition coefficient (Wildman–Crippen LogP) is 3.64. The summed E-state index contributed by atoms with van der Waals surface area (Å²) in [5.74, 6) is 0. The molecule has 2 rings (SSSR count). The van der Waals surface area contributed by atoms with E-state index in [0.29, 0.717) is 6.42 Å². The van der Waals surface area contributed by atoms with Gasteiger partial charge in [-0.05, 0) is 44.9 Å². The van der Waals surface area contributed by atoms with Crippen molar-refractivity contribution in [3.8, 4) is 0 Å². The maximum absolute atomic E-state index is 12.5. The van der Waals surface area contributed by atoms with Gasteiger partial charge in [-0.3, -0.25) is 18.4 Å². The predicted molar refractivity (Wildman–Crippen MR) is 65.0 cm³/mol. The molecule has 0 aromatic rings. The lowest BCUT2D eigenvalue weighted by molar-refractivity contribution is -0.115. The highest BCUT2D eigenvalue weighted by molar-refractivity contribution is 7.71. The van der Waals surface area contributed by atoms with Crippen molar-refractivity contribution >= 4 is 13.1 Å². The fourth-order valence-corrected chi connectivity index (χ4v) is 3.83. The molecule has 0 heterocycles. The highest BCUT2D eigenvalue weighted by Crippen LogP contribution is 2.56. The Hall–Kier alpha value is -0.180. The zero-order valence-corrected chi connectivity index (χ0v) is 11.3. The Morgan fingerprint density at radius 2 is 1.59 bits per heavy atom. The smallest absolute Gasteiger partial charge is 0.300 e. The first kappa shape index (κ1) is 13.3. The molecule has 0 atom stereocenters. The van der Waals surface area contributed by atoms with Crippen molar-refractivity contribution in [2.75, 3.05) is 0 Å². The topological polar surface area (TPSA) is 52.6 Å². The van der Waals surface area contributed by atoms with Crippen LogP contribution >= 0.6 is 7.60 Å². The van der Waals surface area contributed by atoms with E-state index in [1.165, 1.54) is 0 Å². The normalized spacial score (nSPS) is 21.9. The van der Waals surface area contributed by atoms with E-state index in [4.69, 9.17) is 9.05 Å². The molecular formula is C12H21O4P. The largest absolute Gasteiger partial charge is 0.397 e. The van der Waals surface area contributed by atoms with Gasteiger partial charge in [0.05, 0.1) is 12.2 Å². The average molecular weight is 260 g/mol. The Kier molecular flexibility index (Phi) is 4.40. The minimum atomic E-state index is -3.51. The van der Waals surface area contributed by atoms with Crippen LogP contribution in [0.15, 0.2) is 0 Å². The van der Waals surface area contributed by atoms with Crippen molar-refractivity contribution in [3.63, 3.8) is 0 Å². The van der Waals surface area contributed by atoms with Gasteiger partial charge < -0.3 is 0 Å². The lowest BCUT2D eigenvalue weighted by Crippen LogP contribution is -2.27. The summed E-state index contributed by atoms with van der Waals surface area (Å²) in [6.45, 7) is 1.90. The molecule has 0 radical (unpaired) electrons. The van der Waals surface area contributed by atoms with Crippen LogP contribution < -0.4 is 0 Å². The van der Waals surface area contributed by atoms with Crippen molar-refractivity contribution in [1.29, 1.82) is 0 Å². The lowest BCUT2D eigenvalue weighted by atomic mass is 9.97. The monoisotopic (exact) mass is 260 g/mol. The summed E-state index contributed by atoms with van der Waals surface area (Å²) in [7, 11) is -3.51. The standard InChI is InChI=1S/C12H21O4P/c1-2-5-12(13)17(14,15-10-6-3-7-10)16-11-8-4-9-11/h10-11H,2-9H2,1H3. The van der Waals surface area contributed by atoms with Crippen molar-refractivity contribution in [3.05, 3.63) is 0 Å². The molecule has 2 saturated carbocycles. The van der Waals surface area contributed by atoms with Gasteiger partial charge in [-0.1, -0.05) is 6.92 Å². The molecule has 0 amide bonds. The van der Waals surface area contributed by atoms with E-state index in [0.717, 1.165) is 38.5 Å². The zero-order chi connectivity index (χ0) is 12.3. The molecule has 2 aliphatic rings. The minimum Gasteiger partial charge on any atom is -0.300 e. The summed E-state index contributed by atoms with van der Waals surface area (Å²) in [6, 6.07) is 0. The van der Waals surface area contributed by atoms with Crippen molar-refractivity contribution in [2.45, 2.75) is 70.5 Å². The fourth-order valence-electron chi connectivity index (χ4n) is 1.84. The van der Waals surface area contributed by atoms with E-state index < -0.39 is 7.60 Å². The Labute approximate surface area is 103 Å². The first-order valence-corrected chi connectivity index (χ1v) is 8.18. The van der Waals surface area contributed by atoms with Gasteiger partial charge in [0.2, 0.25) is 5.52 Å². The Bertz CT molecular complexity index is 300. The highest BCUT2D eigenvalue weighted by Gasteiger charge is 2.41. The molecule has 0 aliphatic heterocycles. The summed E-state index contributed by atoms with van der Waals surface area (Å²) in [6.07, 6.45) is 6.71. The van der Waals surface area contributed by atoms with Gasteiger partial charge in [0, 0.05) is 6.42 Å². The van der Waals surface area contributed by atoms with E-state index >= 15 is 0 Å². The molecule has 0 spiro atoms. The molecule has 0 N–H and O–H groups in total. The van der Waals surface area contributed by atoms with Crippen molar-refractivity contribution in [1.82, 2.24) is 0 Å². The molecule has 4 nitrogen and oxygen atoms in total. The maximum atomic E-state index is 12.5. The maximum Gasteiger partial charge on any atom is 0.397 e. The molecule has 0 aromatic carbocycles. The summed E-state index contributed by atoms with van der Waals surface area (Å²) in [4.78, 5) is 11.9. The van der Waals surface area contributed by atoms with Crippen LogP contribution in [0.5, 0.6) is 0 Å².